The third-order valence-electron chi connectivity index (χ3n) is 1.72. The van der Waals surface area contributed by atoms with Gasteiger partial charge in [0.1, 0.15) is 6.61 Å². The van der Waals surface area contributed by atoms with Crippen LogP contribution in [0.5, 0.6) is 0 Å². The Balaban J connectivity index is 2.63. The molecule has 0 saturated heterocycles. The smallest absolute Gasteiger partial charge is 0.337 e. The highest BCUT2D eigenvalue weighted by Gasteiger charge is 2.03. The summed E-state index contributed by atoms with van der Waals surface area (Å²) in [5, 5.41) is 0. The summed E-state index contributed by atoms with van der Waals surface area (Å²) < 4.78 is 4.56. The van der Waals surface area contributed by atoms with E-state index < -0.39 is 0 Å². The van der Waals surface area contributed by atoms with E-state index in [2.05, 4.69) is 9.62 Å². The van der Waals surface area contributed by atoms with Gasteiger partial charge in [0, 0.05) is 0 Å². The normalized spacial score (nSPS) is 9.86. The van der Waals surface area contributed by atoms with E-state index in [1.807, 2.05) is 0 Å². The summed E-state index contributed by atoms with van der Waals surface area (Å²) in [6, 6.07) is 6.93. The predicted molar refractivity (Wildman–Crippen MR) is 49.6 cm³/mol. The van der Waals surface area contributed by atoms with Crippen molar-refractivity contribution in [1.29, 1.82) is 0 Å². The minimum Gasteiger partial charge on any atom is -0.465 e. The quantitative estimate of drug-likeness (QED) is 0.416. The lowest BCUT2D eigenvalue weighted by molar-refractivity contribution is -0.282. The number of carbonyl (C=O) groups excluding carboxylic acids is 1. The number of benzene rings is 1. The third kappa shape index (κ3) is 2.83. The maximum absolute atomic E-state index is 11.1. The van der Waals surface area contributed by atoms with Gasteiger partial charge in [0.15, 0.2) is 0 Å². The van der Waals surface area contributed by atoms with Crippen molar-refractivity contribution in [1.82, 2.24) is 0 Å². The van der Waals surface area contributed by atoms with Crippen LogP contribution in [0.1, 0.15) is 15.9 Å². The first kappa shape index (κ1) is 10.7. The Kier molecular flexibility index (Phi) is 4.10. The van der Waals surface area contributed by atoms with Gasteiger partial charge in [-0.2, -0.15) is 0 Å². The van der Waals surface area contributed by atoms with Gasteiger partial charge in [-0.1, -0.05) is 12.1 Å². The highest BCUT2D eigenvalue weighted by atomic mass is 17.2. The minimum absolute atomic E-state index is 0.343. The van der Waals surface area contributed by atoms with Crippen molar-refractivity contribution in [2.75, 3.05) is 14.2 Å². The number of ether oxygens (including phenoxy) is 1. The summed E-state index contributed by atoms with van der Waals surface area (Å²) in [6.07, 6.45) is 0. The van der Waals surface area contributed by atoms with Crippen molar-refractivity contribution in [3.8, 4) is 0 Å². The van der Waals surface area contributed by atoms with Crippen LogP contribution in [0.3, 0.4) is 0 Å². The molecular formula is C10H12O4. The fourth-order valence-electron chi connectivity index (χ4n) is 0.982. The van der Waals surface area contributed by atoms with Crippen LogP contribution in [0.4, 0.5) is 0 Å². The third-order valence-corrected chi connectivity index (χ3v) is 1.72. The van der Waals surface area contributed by atoms with Gasteiger partial charge < -0.3 is 4.74 Å². The summed E-state index contributed by atoms with van der Waals surface area (Å²) in [6.45, 7) is 0.359. The number of esters is 1. The lowest BCUT2D eigenvalue weighted by atomic mass is 10.1. The van der Waals surface area contributed by atoms with E-state index in [-0.39, 0.29) is 5.97 Å². The summed E-state index contributed by atoms with van der Waals surface area (Å²) in [5.74, 6) is -0.343. The van der Waals surface area contributed by atoms with Crippen LogP contribution < -0.4 is 0 Å². The van der Waals surface area contributed by atoms with Crippen molar-refractivity contribution in [3.05, 3.63) is 35.4 Å². The molecule has 0 aliphatic rings. The minimum atomic E-state index is -0.343. The van der Waals surface area contributed by atoms with Crippen LogP contribution in [0.15, 0.2) is 24.3 Å². The molecule has 14 heavy (non-hydrogen) atoms. The standard InChI is InChI=1S/C10H12O4/c1-12-10(11)9-5-3-8(4-6-9)7-14-13-2/h3-6H,7H2,1-2H3. The first-order valence-corrected chi connectivity index (χ1v) is 4.11. The van der Waals surface area contributed by atoms with E-state index in [0.29, 0.717) is 12.2 Å². The Morgan fingerprint density at radius 1 is 1.21 bits per heavy atom. The molecule has 0 unspecified atom stereocenters. The fraction of sp³-hybridized carbons (Fsp3) is 0.300. The van der Waals surface area contributed by atoms with E-state index in [4.69, 9.17) is 4.89 Å². The first-order chi connectivity index (χ1) is 6.77. The lowest BCUT2D eigenvalue weighted by Crippen LogP contribution is -2.01. The molecular weight excluding hydrogens is 184 g/mol. The molecule has 0 aromatic heterocycles. The average molecular weight is 196 g/mol. The second kappa shape index (κ2) is 5.36. The highest BCUT2D eigenvalue weighted by Crippen LogP contribution is 2.06. The molecule has 0 heterocycles. The lowest BCUT2D eigenvalue weighted by Gasteiger charge is -2.02. The van der Waals surface area contributed by atoms with Gasteiger partial charge in [0.05, 0.1) is 19.8 Å². The molecule has 76 valence electrons. The van der Waals surface area contributed by atoms with Crippen molar-refractivity contribution < 1.29 is 19.3 Å². The molecule has 1 aromatic carbocycles. The van der Waals surface area contributed by atoms with Crippen LogP contribution in [0, 0.1) is 0 Å². The molecule has 0 aliphatic heterocycles. The molecule has 4 nitrogen and oxygen atoms in total. The zero-order chi connectivity index (χ0) is 10.4. The molecule has 4 heteroatoms. The average Bonchev–Trinajstić information content (AvgIpc) is 2.26. The number of hydrogen-bond acceptors (Lipinski definition) is 4. The monoisotopic (exact) mass is 196 g/mol. The van der Waals surface area contributed by atoms with E-state index in [9.17, 15) is 4.79 Å². The van der Waals surface area contributed by atoms with E-state index in [1.165, 1.54) is 14.2 Å². The molecule has 0 spiro atoms. The molecule has 0 N–H and O–H groups in total. The number of hydrogen-bond donors (Lipinski definition) is 0. The molecule has 1 rings (SSSR count). The second-order valence-electron chi connectivity index (χ2n) is 2.62. The summed E-state index contributed by atoms with van der Waals surface area (Å²) in [5.41, 5.74) is 1.45. The molecule has 0 saturated carbocycles. The van der Waals surface area contributed by atoms with Crippen LogP contribution >= 0.6 is 0 Å². The van der Waals surface area contributed by atoms with Crippen LogP contribution in [-0.2, 0) is 21.1 Å². The van der Waals surface area contributed by atoms with Gasteiger partial charge in [-0.05, 0) is 17.7 Å². The van der Waals surface area contributed by atoms with Crippen molar-refractivity contribution in [2.45, 2.75) is 6.61 Å². The SMILES string of the molecule is COOCc1ccc(C(=O)OC)cc1. The van der Waals surface area contributed by atoms with Gasteiger partial charge in [-0.15, -0.1) is 0 Å². The van der Waals surface area contributed by atoms with E-state index >= 15 is 0 Å². The summed E-state index contributed by atoms with van der Waals surface area (Å²) >= 11 is 0. The zero-order valence-corrected chi connectivity index (χ0v) is 8.15. The topological polar surface area (TPSA) is 44.8 Å². The molecule has 0 radical (unpaired) electrons. The maximum atomic E-state index is 11.1. The van der Waals surface area contributed by atoms with E-state index in [1.54, 1.807) is 24.3 Å². The second-order valence-corrected chi connectivity index (χ2v) is 2.62. The largest absolute Gasteiger partial charge is 0.465 e. The molecule has 0 aliphatic carbocycles. The van der Waals surface area contributed by atoms with E-state index in [0.717, 1.165) is 5.56 Å². The Bertz CT molecular complexity index is 291. The van der Waals surface area contributed by atoms with Crippen LogP contribution in [-0.4, -0.2) is 20.2 Å². The van der Waals surface area contributed by atoms with Crippen molar-refractivity contribution in [2.24, 2.45) is 0 Å². The highest BCUT2D eigenvalue weighted by molar-refractivity contribution is 5.89. The van der Waals surface area contributed by atoms with Crippen molar-refractivity contribution >= 4 is 5.97 Å². The number of rotatable bonds is 4. The number of methoxy groups -OCH3 is 1. The Morgan fingerprint density at radius 2 is 1.86 bits per heavy atom. The summed E-state index contributed by atoms with van der Waals surface area (Å²) in [4.78, 5) is 20.2. The Morgan fingerprint density at radius 3 is 2.36 bits per heavy atom. The van der Waals surface area contributed by atoms with Gasteiger partial charge in [-0.25, -0.2) is 14.6 Å². The van der Waals surface area contributed by atoms with Crippen LogP contribution in [0.25, 0.3) is 0 Å². The maximum Gasteiger partial charge on any atom is 0.337 e. The fourth-order valence-corrected chi connectivity index (χ4v) is 0.982. The first-order valence-electron chi connectivity index (χ1n) is 4.11. The summed E-state index contributed by atoms with van der Waals surface area (Å²) in [7, 11) is 2.80. The van der Waals surface area contributed by atoms with Gasteiger partial charge >= 0.3 is 5.97 Å². The number of carbonyl (C=O) groups is 1. The Labute approximate surface area is 82.3 Å². The van der Waals surface area contributed by atoms with Crippen LogP contribution in [0.2, 0.25) is 0 Å². The molecule has 0 amide bonds. The molecule has 0 fully saturated rings. The molecule has 1 aromatic rings. The van der Waals surface area contributed by atoms with Gasteiger partial charge in [-0.3, -0.25) is 0 Å². The Hall–Kier alpha value is -1.39. The zero-order valence-electron chi connectivity index (χ0n) is 8.15. The molecule has 0 bridgehead atoms. The van der Waals surface area contributed by atoms with Crippen molar-refractivity contribution in [3.63, 3.8) is 0 Å². The molecule has 0 atom stereocenters. The van der Waals surface area contributed by atoms with Gasteiger partial charge in [0.2, 0.25) is 0 Å². The predicted octanol–water partition coefficient (Wildman–Crippen LogP) is 1.55. The van der Waals surface area contributed by atoms with Gasteiger partial charge in [0.25, 0.3) is 0 Å².